The van der Waals surface area contributed by atoms with Gasteiger partial charge in [-0.1, -0.05) is 19.3 Å². The Morgan fingerprint density at radius 1 is 1.29 bits per heavy atom. The smallest absolute Gasteiger partial charge is 0.252 e. The van der Waals surface area contributed by atoms with E-state index in [2.05, 4.69) is 15.6 Å². The number of aliphatic imine (C=N–C) groups is 1. The van der Waals surface area contributed by atoms with Crippen LogP contribution < -0.4 is 10.6 Å². The summed E-state index contributed by atoms with van der Waals surface area (Å²) in [6.07, 6.45) is 6.08. The average molecular weight is 237 g/mol. The van der Waals surface area contributed by atoms with Crippen LogP contribution in [-0.4, -0.2) is 23.4 Å². The van der Waals surface area contributed by atoms with Gasteiger partial charge in [-0.15, -0.1) is 0 Å². The SMILES string of the molecule is CC(C)N=C1NC(=O)C(C)(C2CCCCC2)N1. The molecule has 4 nitrogen and oxygen atoms in total. The Hall–Kier alpha value is -1.06. The van der Waals surface area contributed by atoms with Crippen LogP contribution in [0.25, 0.3) is 0 Å². The summed E-state index contributed by atoms with van der Waals surface area (Å²) in [7, 11) is 0. The first-order valence-corrected chi connectivity index (χ1v) is 6.70. The Kier molecular flexibility index (Phi) is 3.40. The van der Waals surface area contributed by atoms with Gasteiger partial charge in [0.1, 0.15) is 5.54 Å². The number of carbonyl (C=O) groups is 1. The van der Waals surface area contributed by atoms with E-state index in [0.717, 1.165) is 12.8 Å². The first-order valence-electron chi connectivity index (χ1n) is 6.70. The highest BCUT2D eigenvalue weighted by atomic mass is 16.2. The minimum atomic E-state index is -0.450. The number of hydrogen-bond donors (Lipinski definition) is 2. The lowest BCUT2D eigenvalue weighted by Gasteiger charge is -2.34. The Labute approximate surface area is 103 Å². The summed E-state index contributed by atoms with van der Waals surface area (Å²) in [5.41, 5.74) is -0.450. The number of guanidine groups is 1. The van der Waals surface area contributed by atoms with Crippen molar-refractivity contribution in [2.75, 3.05) is 0 Å². The molecule has 17 heavy (non-hydrogen) atoms. The second-order valence-corrected chi connectivity index (χ2v) is 5.69. The molecule has 1 heterocycles. The molecule has 0 aromatic carbocycles. The fraction of sp³-hybridized carbons (Fsp3) is 0.846. The molecule has 0 aromatic heterocycles. The molecule has 1 amide bonds. The van der Waals surface area contributed by atoms with E-state index in [1.54, 1.807) is 0 Å². The lowest BCUT2D eigenvalue weighted by atomic mass is 9.76. The van der Waals surface area contributed by atoms with E-state index in [9.17, 15) is 4.79 Å². The van der Waals surface area contributed by atoms with E-state index in [0.29, 0.717) is 11.9 Å². The maximum absolute atomic E-state index is 12.1. The maximum atomic E-state index is 12.1. The highest BCUT2D eigenvalue weighted by Gasteiger charge is 2.46. The van der Waals surface area contributed by atoms with Crippen LogP contribution in [-0.2, 0) is 4.79 Å². The Bertz CT molecular complexity index is 332. The lowest BCUT2D eigenvalue weighted by molar-refractivity contribution is -0.125. The van der Waals surface area contributed by atoms with Crippen molar-refractivity contribution < 1.29 is 4.79 Å². The first-order chi connectivity index (χ1) is 8.02. The van der Waals surface area contributed by atoms with Crippen LogP contribution >= 0.6 is 0 Å². The first kappa shape index (κ1) is 12.4. The molecule has 2 N–H and O–H groups in total. The molecule has 1 aliphatic heterocycles. The zero-order valence-corrected chi connectivity index (χ0v) is 11.0. The third kappa shape index (κ3) is 2.45. The van der Waals surface area contributed by atoms with Gasteiger partial charge in [0.15, 0.2) is 5.96 Å². The summed E-state index contributed by atoms with van der Waals surface area (Å²) >= 11 is 0. The molecule has 1 aliphatic carbocycles. The largest absolute Gasteiger partial charge is 0.342 e. The molecule has 2 fully saturated rings. The molecule has 0 radical (unpaired) electrons. The lowest BCUT2D eigenvalue weighted by Crippen LogP contribution is -2.51. The van der Waals surface area contributed by atoms with Gasteiger partial charge in [0.25, 0.3) is 5.91 Å². The number of carbonyl (C=O) groups excluding carboxylic acids is 1. The third-order valence-electron chi connectivity index (χ3n) is 3.89. The number of nitrogens with zero attached hydrogens (tertiary/aromatic N) is 1. The minimum Gasteiger partial charge on any atom is -0.342 e. The number of hydrogen-bond acceptors (Lipinski definition) is 2. The van der Waals surface area contributed by atoms with Crippen molar-refractivity contribution in [3.63, 3.8) is 0 Å². The Morgan fingerprint density at radius 2 is 1.94 bits per heavy atom. The fourth-order valence-electron chi connectivity index (χ4n) is 2.86. The molecule has 0 aromatic rings. The van der Waals surface area contributed by atoms with Crippen molar-refractivity contribution in [3.05, 3.63) is 0 Å². The van der Waals surface area contributed by atoms with E-state index in [-0.39, 0.29) is 11.9 Å². The molecule has 2 rings (SSSR count). The molecule has 2 aliphatic rings. The normalized spacial score (nSPS) is 32.9. The summed E-state index contributed by atoms with van der Waals surface area (Å²) < 4.78 is 0. The van der Waals surface area contributed by atoms with E-state index in [1.807, 2.05) is 20.8 Å². The van der Waals surface area contributed by atoms with Crippen molar-refractivity contribution in [3.8, 4) is 0 Å². The van der Waals surface area contributed by atoms with Crippen molar-refractivity contribution >= 4 is 11.9 Å². The number of nitrogens with one attached hydrogen (secondary N) is 2. The van der Waals surface area contributed by atoms with Gasteiger partial charge < -0.3 is 5.32 Å². The maximum Gasteiger partial charge on any atom is 0.252 e. The highest BCUT2D eigenvalue weighted by Crippen LogP contribution is 2.34. The monoisotopic (exact) mass is 237 g/mol. The van der Waals surface area contributed by atoms with Gasteiger partial charge in [0, 0.05) is 6.04 Å². The minimum absolute atomic E-state index is 0.0869. The van der Waals surface area contributed by atoms with E-state index >= 15 is 0 Å². The molecule has 1 atom stereocenters. The van der Waals surface area contributed by atoms with E-state index in [1.165, 1.54) is 19.3 Å². The van der Waals surface area contributed by atoms with Crippen molar-refractivity contribution in [1.82, 2.24) is 10.6 Å². The van der Waals surface area contributed by atoms with E-state index < -0.39 is 5.54 Å². The van der Waals surface area contributed by atoms with Gasteiger partial charge in [-0.05, 0) is 39.5 Å². The molecular weight excluding hydrogens is 214 g/mol. The zero-order chi connectivity index (χ0) is 12.5. The van der Waals surface area contributed by atoms with Crippen LogP contribution in [0.5, 0.6) is 0 Å². The topological polar surface area (TPSA) is 53.5 Å². The van der Waals surface area contributed by atoms with Gasteiger partial charge in [0.2, 0.25) is 0 Å². The van der Waals surface area contributed by atoms with Gasteiger partial charge in [-0.2, -0.15) is 0 Å². The van der Waals surface area contributed by atoms with E-state index in [4.69, 9.17) is 0 Å². The van der Waals surface area contributed by atoms with Crippen LogP contribution in [0.1, 0.15) is 52.9 Å². The molecule has 4 heteroatoms. The molecule has 96 valence electrons. The zero-order valence-electron chi connectivity index (χ0n) is 11.0. The molecule has 1 saturated heterocycles. The predicted molar refractivity (Wildman–Crippen MR) is 68.8 cm³/mol. The second kappa shape index (κ2) is 4.67. The molecular formula is C13H23N3O. The van der Waals surface area contributed by atoms with Crippen LogP contribution in [0.2, 0.25) is 0 Å². The van der Waals surface area contributed by atoms with Crippen molar-refractivity contribution in [1.29, 1.82) is 0 Å². The van der Waals surface area contributed by atoms with Gasteiger partial charge in [-0.25, -0.2) is 0 Å². The van der Waals surface area contributed by atoms with Crippen molar-refractivity contribution in [2.45, 2.75) is 64.5 Å². The standard InChI is InChI=1S/C13H23N3O/c1-9(2)14-12-15-11(17)13(3,16-12)10-7-5-4-6-8-10/h9-10H,4-8H2,1-3H3,(H2,14,15,16,17). The summed E-state index contributed by atoms with van der Waals surface area (Å²) in [5, 5.41) is 6.18. The third-order valence-corrected chi connectivity index (χ3v) is 3.89. The quantitative estimate of drug-likeness (QED) is 0.769. The Morgan fingerprint density at radius 3 is 2.53 bits per heavy atom. The van der Waals surface area contributed by atoms with Crippen LogP contribution in [0.4, 0.5) is 0 Å². The van der Waals surface area contributed by atoms with Crippen LogP contribution in [0.15, 0.2) is 4.99 Å². The molecule has 1 unspecified atom stereocenters. The fourth-order valence-corrected chi connectivity index (χ4v) is 2.86. The number of amides is 1. The van der Waals surface area contributed by atoms with Gasteiger partial charge >= 0.3 is 0 Å². The second-order valence-electron chi connectivity index (χ2n) is 5.69. The Balaban J connectivity index is 2.12. The summed E-state index contributed by atoms with van der Waals surface area (Å²) in [5.74, 6) is 1.18. The summed E-state index contributed by atoms with van der Waals surface area (Å²) in [6.45, 7) is 6.04. The van der Waals surface area contributed by atoms with Gasteiger partial charge in [0.05, 0.1) is 0 Å². The number of rotatable bonds is 2. The predicted octanol–water partition coefficient (Wildman–Crippen LogP) is 1.81. The molecule has 1 saturated carbocycles. The highest BCUT2D eigenvalue weighted by molar-refractivity contribution is 6.09. The van der Waals surface area contributed by atoms with Gasteiger partial charge in [-0.3, -0.25) is 15.1 Å². The molecule has 0 bridgehead atoms. The summed E-state index contributed by atoms with van der Waals surface area (Å²) in [6, 6.07) is 0.200. The summed E-state index contributed by atoms with van der Waals surface area (Å²) in [4.78, 5) is 16.5. The van der Waals surface area contributed by atoms with Crippen LogP contribution in [0, 0.1) is 5.92 Å². The molecule has 0 spiro atoms. The van der Waals surface area contributed by atoms with Crippen molar-refractivity contribution in [2.24, 2.45) is 10.9 Å². The average Bonchev–Trinajstić information content (AvgIpc) is 2.56. The van der Waals surface area contributed by atoms with Crippen LogP contribution in [0.3, 0.4) is 0 Å².